The van der Waals surface area contributed by atoms with Crippen LogP contribution in [0.4, 0.5) is 0 Å². The van der Waals surface area contributed by atoms with Gasteiger partial charge in [-0.25, -0.2) is 0 Å². The van der Waals surface area contributed by atoms with Crippen LogP contribution in [0.2, 0.25) is 0 Å². The lowest BCUT2D eigenvalue weighted by atomic mass is 9.92. The van der Waals surface area contributed by atoms with Gasteiger partial charge in [-0.3, -0.25) is 4.79 Å². The van der Waals surface area contributed by atoms with Crippen LogP contribution in [0.5, 0.6) is 5.75 Å². The van der Waals surface area contributed by atoms with Crippen LogP contribution in [0.1, 0.15) is 35.4 Å². The number of carbonyl (C=O) groups excluding carboxylic acids is 1. The van der Waals surface area contributed by atoms with Crippen molar-refractivity contribution in [1.82, 2.24) is 5.32 Å². The Bertz CT molecular complexity index is 384. The van der Waals surface area contributed by atoms with E-state index < -0.39 is 0 Å². The van der Waals surface area contributed by atoms with E-state index in [1.807, 2.05) is 11.4 Å². The fourth-order valence-electron chi connectivity index (χ4n) is 2.14. The summed E-state index contributed by atoms with van der Waals surface area (Å²) in [5.41, 5.74) is 5.84. The molecule has 1 aliphatic rings. The fourth-order valence-corrected chi connectivity index (χ4v) is 2.90. The number of nitrogens with one attached hydrogen (secondary N) is 1. The number of nitrogens with two attached hydrogens (primary N) is 1. The summed E-state index contributed by atoms with van der Waals surface area (Å²) in [6, 6.07) is 2.38. The zero-order chi connectivity index (χ0) is 12.3. The Labute approximate surface area is 105 Å². The van der Waals surface area contributed by atoms with Crippen LogP contribution >= 0.6 is 11.3 Å². The molecule has 3 N–H and O–H groups in total. The van der Waals surface area contributed by atoms with Gasteiger partial charge in [0.15, 0.2) is 0 Å². The summed E-state index contributed by atoms with van der Waals surface area (Å²) in [4.78, 5) is 12.7. The molecule has 0 atom stereocenters. The normalized spacial score (nSPS) is 24.4. The van der Waals surface area contributed by atoms with Gasteiger partial charge in [0.05, 0.1) is 7.11 Å². The molecular weight excluding hydrogens is 236 g/mol. The molecule has 0 radical (unpaired) electrons. The Kier molecular flexibility index (Phi) is 4.02. The van der Waals surface area contributed by atoms with Gasteiger partial charge in [-0.05, 0) is 37.1 Å². The second kappa shape index (κ2) is 5.51. The lowest BCUT2D eigenvalue weighted by Crippen LogP contribution is -2.40. The van der Waals surface area contributed by atoms with E-state index in [4.69, 9.17) is 10.5 Å². The van der Waals surface area contributed by atoms with E-state index in [1.54, 1.807) is 7.11 Å². The number of hydrogen-bond acceptors (Lipinski definition) is 4. The minimum atomic E-state index is -0.0303. The summed E-state index contributed by atoms with van der Waals surface area (Å²) in [6.45, 7) is 0. The molecule has 0 aliphatic heterocycles. The average Bonchev–Trinajstić information content (AvgIpc) is 2.80. The van der Waals surface area contributed by atoms with Gasteiger partial charge >= 0.3 is 0 Å². The Morgan fingerprint density at radius 3 is 2.82 bits per heavy atom. The molecule has 1 aromatic heterocycles. The molecule has 94 valence electrons. The van der Waals surface area contributed by atoms with Crippen molar-refractivity contribution >= 4 is 17.2 Å². The van der Waals surface area contributed by atoms with Crippen molar-refractivity contribution in [1.29, 1.82) is 0 Å². The van der Waals surface area contributed by atoms with Crippen molar-refractivity contribution in [2.45, 2.75) is 37.8 Å². The molecule has 2 rings (SSSR count). The smallest absolute Gasteiger partial charge is 0.265 e. The fraction of sp³-hybridized carbons (Fsp3) is 0.583. The summed E-state index contributed by atoms with van der Waals surface area (Å²) in [5.74, 6) is 0.623. The van der Waals surface area contributed by atoms with Gasteiger partial charge in [-0.15, -0.1) is 11.3 Å². The zero-order valence-electron chi connectivity index (χ0n) is 9.94. The van der Waals surface area contributed by atoms with Crippen LogP contribution in [0.15, 0.2) is 11.4 Å². The van der Waals surface area contributed by atoms with Crippen molar-refractivity contribution in [3.8, 4) is 5.75 Å². The second-order valence-corrected chi connectivity index (χ2v) is 5.32. The minimum absolute atomic E-state index is 0.0303. The largest absolute Gasteiger partial charge is 0.495 e. The zero-order valence-corrected chi connectivity index (χ0v) is 10.8. The molecule has 1 heterocycles. The third-order valence-electron chi connectivity index (χ3n) is 3.16. The van der Waals surface area contributed by atoms with Gasteiger partial charge in [0.2, 0.25) is 0 Å². The van der Waals surface area contributed by atoms with Crippen LogP contribution in [-0.4, -0.2) is 25.1 Å². The maximum atomic E-state index is 12.0. The maximum Gasteiger partial charge on any atom is 0.265 e. The highest BCUT2D eigenvalue weighted by atomic mass is 32.1. The first-order valence-corrected chi connectivity index (χ1v) is 6.76. The molecule has 0 spiro atoms. The van der Waals surface area contributed by atoms with Gasteiger partial charge in [0.25, 0.3) is 5.91 Å². The van der Waals surface area contributed by atoms with Crippen LogP contribution in [-0.2, 0) is 0 Å². The number of rotatable bonds is 3. The molecule has 1 amide bonds. The van der Waals surface area contributed by atoms with E-state index >= 15 is 0 Å². The standard InChI is InChI=1S/C12H18N2O2S/c1-16-10-6-7-17-11(10)12(15)14-9-4-2-8(13)3-5-9/h6-9H,2-5,13H2,1H3,(H,14,15). The van der Waals surface area contributed by atoms with Gasteiger partial charge in [-0.2, -0.15) is 0 Å². The van der Waals surface area contributed by atoms with Crippen molar-refractivity contribution in [2.24, 2.45) is 5.73 Å². The first kappa shape index (κ1) is 12.4. The highest BCUT2D eigenvalue weighted by molar-refractivity contribution is 7.12. The van der Waals surface area contributed by atoms with E-state index in [9.17, 15) is 4.79 Å². The van der Waals surface area contributed by atoms with Gasteiger partial charge in [0, 0.05) is 12.1 Å². The Morgan fingerprint density at radius 2 is 2.18 bits per heavy atom. The first-order chi connectivity index (χ1) is 8.20. The molecule has 1 saturated carbocycles. The van der Waals surface area contributed by atoms with E-state index in [0.29, 0.717) is 16.7 Å². The summed E-state index contributed by atoms with van der Waals surface area (Å²) in [6.07, 6.45) is 3.93. The average molecular weight is 254 g/mol. The van der Waals surface area contributed by atoms with Crippen LogP contribution < -0.4 is 15.8 Å². The molecule has 1 aliphatic carbocycles. The summed E-state index contributed by atoms with van der Waals surface area (Å²) in [5, 5.41) is 4.92. The predicted octanol–water partition coefficient (Wildman–Crippen LogP) is 1.76. The maximum absolute atomic E-state index is 12.0. The van der Waals surface area contributed by atoms with E-state index in [0.717, 1.165) is 25.7 Å². The van der Waals surface area contributed by atoms with Crippen molar-refractivity contribution in [3.63, 3.8) is 0 Å². The van der Waals surface area contributed by atoms with Crippen LogP contribution in [0.3, 0.4) is 0 Å². The Hall–Kier alpha value is -1.07. The van der Waals surface area contributed by atoms with Gasteiger partial charge in [-0.1, -0.05) is 0 Å². The Balaban J connectivity index is 1.93. The van der Waals surface area contributed by atoms with Crippen molar-refractivity contribution < 1.29 is 9.53 Å². The quantitative estimate of drug-likeness (QED) is 0.864. The number of hydrogen-bond donors (Lipinski definition) is 2. The summed E-state index contributed by atoms with van der Waals surface area (Å²) < 4.78 is 5.14. The Morgan fingerprint density at radius 1 is 1.47 bits per heavy atom. The minimum Gasteiger partial charge on any atom is -0.495 e. The molecule has 4 nitrogen and oxygen atoms in total. The lowest BCUT2D eigenvalue weighted by molar-refractivity contribution is 0.0927. The van der Waals surface area contributed by atoms with E-state index in [-0.39, 0.29) is 11.9 Å². The molecule has 17 heavy (non-hydrogen) atoms. The highest BCUT2D eigenvalue weighted by Crippen LogP contribution is 2.25. The third-order valence-corrected chi connectivity index (χ3v) is 4.06. The summed E-state index contributed by atoms with van der Waals surface area (Å²) in [7, 11) is 1.58. The van der Waals surface area contributed by atoms with Crippen molar-refractivity contribution in [3.05, 3.63) is 16.3 Å². The number of thiophene rings is 1. The molecule has 0 bridgehead atoms. The molecule has 0 saturated heterocycles. The molecule has 0 unspecified atom stereocenters. The third kappa shape index (κ3) is 2.98. The topological polar surface area (TPSA) is 64.3 Å². The molecule has 1 fully saturated rings. The number of ether oxygens (including phenoxy) is 1. The first-order valence-electron chi connectivity index (χ1n) is 5.88. The number of carbonyl (C=O) groups is 1. The van der Waals surface area contributed by atoms with Gasteiger partial charge in [0.1, 0.15) is 10.6 Å². The van der Waals surface area contributed by atoms with E-state index in [2.05, 4.69) is 5.32 Å². The van der Waals surface area contributed by atoms with Crippen molar-refractivity contribution in [2.75, 3.05) is 7.11 Å². The molecule has 5 heteroatoms. The number of amides is 1. The summed E-state index contributed by atoms with van der Waals surface area (Å²) >= 11 is 1.41. The van der Waals surface area contributed by atoms with Crippen LogP contribution in [0, 0.1) is 0 Å². The number of methoxy groups -OCH3 is 1. The van der Waals surface area contributed by atoms with Crippen LogP contribution in [0.25, 0.3) is 0 Å². The molecule has 1 aromatic rings. The van der Waals surface area contributed by atoms with Gasteiger partial charge < -0.3 is 15.8 Å². The highest BCUT2D eigenvalue weighted by Gasteiger charge is 2.22. The SMILES string of the molecule is COc1ccsc1C(=O)NC1CCC(N)CC1. The molecule has 0 aromatic carbocycles. The predicted molar refractivity (Wildman–Crippen MR) is 68.6 cm³/mol. The monoisotopic (exact) mass is 254 g/mol. The molecular formula is C12H18N2O2S. The lowest BCUT2D eigenvalue weighted by Gasteiger charge is -2.26. The second-order valence-electron chi connectivity index (χ2n) is 4.40. The van der Waals surface area contributed by atoms with E-state index in [1.165, 1.54) is 11.3 Å².